The third kappa shape index (κ3) is 6.51. The monoisotopic (exact) mass is 497 g/mol. The quantitative estimate of drug-likeness (QED) is 0.355. The lowest BCUT2D eigenvalue weighted by molar-refractivity contribution is -0.114. The number of aromatic nitrogens is 1. The van der Waals surface area contributed by atoms with Gasteiger partial charge in [0.25, 0.3) is 0 Å². The van der Waals surface area contributed by atoms with E-state index < -0.39 is 15.6 Å². The van der Waals surface area contributed by atoms with Gasteiger partial charge in [-0.25, -0.2) is 13.4 Å². The van der Waals surface area contributed by atoms with Crippen molar-refractivity contribution < 1.29 is 18.0 Å². The highest BCUT2D eigenvalue weighted by Crippen LogP contribution is 2.22. The van der Waals surface area contributed by atoms with E-state index in [4.69, 9.17) is 28.0 Å². The Hall–Kier alpha value is -2.46. The zero-order valence-electron chi connectivity index (χ0n) is 16.2. The molecule has 3 rings (SSSR count). The molecule has 31 heavy (non-hydrogen) atoms. The summed E-state index contributed by atoms with van der Waals surface area (Å²) in [5, 5.41) is 9.69. The van der Waals surface area contributed by atoms with Crippen LogP contribution in [0.4, 0.5) is 5.69 Å². The zero-order valence-corrected chi connectivity index (χ0v) is 19.4. The third-order valence-electron chi connectivity index (χ3n) is 3.95. The predicted molar refractivity (Wildman–Crippen MR) is 123 cm³/mol. The van der Waals surface area contributed by atoms with Crippen LogP contribution >= 0.6 is 34.5 Å². The fourth-order valence-corrected chi connectivity index (χ4v) is 4.96. The minimum absolute atomic E-state index is 0.0380. The first-order valence-corrected chi connectivity index (χ1v) is 12.2. The highest BCUT2D eigenvalue weighted by atomic mass is 35.5. The molecule has 0 saturated carbocycles. The predicted octanol–water partition coefficient (Wildman–Crippen LogP) is 4.80. The molecule has 0 bridgehead atoms. The Bertz CT molecular complexity index is 1200. The van der Waals surface area contributed by atoms with Crippen LogP contribution in [0.5, 0.6) is 0 Å². The summed E-state index contributed by atoms with van der Waals surface area (Å²) in [5.74, 6) is -0.652. The molecule has 7 nitrogen and oxygen atoms in total. The van der Waals surface area contributed by atoms with Crippen LogP contribution in [0.15, 0.2) is 64.1 Å². The maximum absolute atomic E-state index is 12.9. The largest absolute Gasteiger partial charge is 0.391 e. The maximum atomic E-state index is 12.9. The van der Waals surface area contributed by atoms with E-state index in [1.54, 1.807) is 29.8 Å². The van der Waals surface area contributed by atoms with Gasteiger partial charge in [-0.3, -0.25) is 4.79 Å². The molecule has 0 unspecified atom stereocenters. The molecule has 0 aliphatic carbocycles. The van der Waals surface area contributed by atoms with Gasteiger partial charge in [0, 0.05) is 39.8 Å². The number of carbonyl (C=O) groups excluding carboxylic acids is 1. The standard InChI is InChI=1S/C20H17Cl2N3O4S2/c1-13(26)24-16-4-6-17(7-5-16)31(27,28)12-19(20-23-8-9-30-20)25-29-11-14-2-3-15(21)10-18(14)22/h2-10H,11-12H2,1H3,(H,24,26)/b25-19-. The summed E-state index contributed by atoms with van der Waals surface area (Å²) >= 11 is 13.3. The molecule has 1 aromatic heterocycles. The molecule has 1 heterocycles. The van der Waals surface area contributed by atoms with Crippen LogP contribution in [-0.4, -0.2) is 30.8 Å². The van der Waals surface area contributed by atoms with E-state index in [9.17, 15) is 13.2 Å². The second kappa shape index (κ2) is 10.2. The van der Waals surface area contributed by atoms with Crippen molar-refractivity contribution in [1.82, 2.24) is 4.98 Å². The number of hydrogen-bond donors (Lipinski definition) is 1. The molecule has 0 spiro atoms. The van der Waals surface area contributed by atoms with Crippen LogP contribution in [0, 0.1) is 0 Å². The summed E-state index contributed by atoms with van der Waals surface area (Å²) in [6.45, 7) is 1.41. The lowest BCUT2D eigenvalue weighted by Crippen LogP contribution is -2.18. The minimum Gasteiger partial charge on any atom is -0.391 e. The van der Waals surface area contributed by atoms with Gasteiger partial charge < -0.3 is 10.2 Å². The van der Waals surface area contributed by atoms with E-state index in [0.29, 0.717) is 26.3 Å². The molecule has 0 fully saturated rings. The topological polar surface area (TPSA) is 97.7 Å². The van der Waals surface area contributed by atoms with Crippen molar-refractivity contribution in [3.8, 4) is 0 Å². The number of amides is 1. The zero-order chi connectivity index (χ0) is 22.4. The molecule has 0 saturated heterocycles. The van der Waals surface area contributed by atoms with Crippen LogP contribution in [0.2, 0.25) is 10.0 Å². The van der Waals surface area contributed by atoms with Crippen LogP contribution in [0.3, 0.4) is 0 Å². The van der Waals surface area contributed by atoms with Gasteiger partial charge in [0.2, 0.25) is 5.91 Å². The Morgan fingerprint density at radius 2 is 1.94 bits per heavy atom. The lowest BCUT2D eigenvalue weighted by atomic mass is 10.2. The summed E-state index contributed by atoms with van der Waals surface area (Å²) in [5.41, 5.74) is 1.33. The number of nitrogens with one attached hydrogen (secondary N) is 1. The van der Waals surface area contributed by atoms with Crippen LogP contribution in [-0.2, 0) is 26.1 Å². The first kappa shape index (κ1) is 23.2. The highest BCUT2D eigenvalue weighted by Gasteiger charge is 2.21. The summed E-state index contributed by atoms with van der Waals surface area (Å²) in [7, 11) is -3.74. The molecule has 0 radical (unpaired) electrons. The fraction of sp³-hybridized carbons (Fsp3) is 0.150. The number of rotatable bonds is 8. The van der Waals surface area contributed by atoms with Gasteiger partial charge in [-0.2, -0.15) is 0 Å². The minimum atomic E-state index is -3.74. The van der Waals surface area contributed by atoms with E-state index in [0.717, 1.165) is 0 Å². The number of halogens is 2. The van der Waals surface area contributed by atoms with Gasteiger partial charge in [-0.1, -0.05) is 34.4 Å². The Morgan fingerprint density at radius 3 is 2.55 bits per heavy atom. The first-order valence-electron chi connectivity index (χ1n) is 8.87. The molecule has 1 N–H and O–H groups in total. The van der Waals surface area contributed by atoms with Gasteiger partial charge in [0.05, 0.1) is 4.90 Å². The van der Waals surface area contributed by atoms with Crippen molar-refractivity contribution in [3.63, 3.8) is 0 Å². The summed E-state index contributed by atoms with van der Waals surface area (Å²) in [4.78, 5) is 20.8. The summed E-state index contributed by atoms with van der Waals surface area (Å²) in [6, 6.07) is 10.9. The van der Waals surface area contributed by atoms with E-state index in [2.05, 4.69) is 15.5 Å². The summed E-state index contributed by atoms with van der Waals surface area (Å²) < 4.78 is 25.8. The number of benzene rings is 2. The van der Waals surface area contributed by atoms with E-state index in [-0.39, 0.29) is 23.1 Å². The van der Waals surface area contributed by atoms with Crippen LogP contribution < -0.4 is 5.32 Å². The average molecular weight is 498 g/mol. The van der Waals surface area contributed by atoms with Gasteiger partial charge in [-0.05, 0) is 36.4 Å². The van der Waals surface area contributed by atoms with E-state index in [1.807, 2.05) is 0 Å². The van der Waals surface area contributed by atoms with Gasteiger partial charge >= 0.3 is 0 Å². The van der Waals surface area contributed by atoms with Gasteiger partial charge in [-0.15, -0.1) is 11.3 Å². The number of sulfone groups is 1. The number of oxime groups is 1. The molecule has 3 aromatic rings. The molecule has 1 amide bonds. The van der Waals surface area contributed by atoms with Gasteiger partial charge in [0.1, 0.15) is 23.1 Å². The third-order valence-corrected chi connectivity index (χ3v) is 7.00. The first-order chi connectivity index (χ1) is 14.7. The molecule has 2 aromatic carbocycles. The van der Waals surface area contributed by atoms with Crippen molar-refractivity contribution in [1.29, 1.82) is 0 Å². The van der Waals surface area contributed by atoms with Crippen molar-refractivity contribution in [2.24, 2.45) is 5.16 Å². The maximum Gasteiger partial charge on any atom is 0.221 e. The lowest BCUT2D eigenvalue weighted by Gasteiger charge is -2.08. The number of hydrogen-bond acceptors (Lipinski definition) is 7. The SMILES string of the molecule is CC(=O)Nc1ccc(S(=O)(=O)C/C(=N/OCc2ccc(Cl)cc2Cl)c2nccs2)cc1. The number of anilines is 1. The fourth-order valence-electron chi connectivity index (χ4n) is 2.52. The molecule has 0 aliphatic heterocycles. The second-order valence-electron chi connectivity index (χ2n) is 6.35. The molecule has 162 valence electrons. The number of nitrogens with zero attached hydrogens (tertiary/aromatic N) is 2. The van der Waals surface area contributed by atoms with E-state index in [1.165, 1.54) is 42.5 Å². The van der Waals surface area contributed by atoms with Crippen LogP contribution in [0.1, 0.15) is 17.5 Å². The van der Waals surface area contributed by atoms with Crippen molar-refractivity contribution in [3.05, 3.63) is 74.7 Å². The highest BCUT2D eigenvalue weighted by molar-refractivity contribution is 7.92. The van der Waals surface area contributed by atoms with Crippen molar-refractivity contribution >= 4 is 61.7 Å². The smallest absolute Gasteiger partial charge is 0.221 e. The van der Waals surface area contributed by atoms with Crippen molar-refractivity contribution in [2.75, 3.05) is 11.1 Å². The number of thiazole rings is 1. The Balaban J connectivity index is 1.79. The van der Waals surface area contributed by atoms with Crippen molar-refractivity contribution in [2.45, 2.75) is 18.4 Å². The average Bonchev–Trinajstić information content (AvgIpc) is 3.23. The normalized spacial score (nSPS) is 11.9. The Labute approximate surface area is 193 Å². The number of carbonyl (C=O) groups is 1. The Kier molecular flexibility index (Phi) is 7.66. The molecular formula is C20H17Cl2N3O4S2. The van der Waals surface area contributed by atoms with Crippen LogP contribution in [0.25, 0.3) is 0 Å². The van der Waals surface area contributed by atoms with Gasteiger partial charge in [0.15, 0.2) is 9.84 Å². The Morgan fingerprint density at radius 1 is 1.19 bits per heavy atom. The molecular weight excluding hydrogens is 481 g/mol. The molecule has 0 aliphatic rings. The van der Waals surface area contributed by atoms with E-state index >= 15 is 0 Å². The second-order valence-corrected chi connectivity index (χ2v) is 10.1. The molecule has 11 heteroatoms. The molecule has 0 atom stereocenters. The summed E-state index contributed by atoms with van der Waals surface area (Å²) in [6.07, 6.45) is 1.56.